The van der Waals surface area contributed by atoms with Crippen molar-refractivity contribution in [1.29, 1.82) is 0 Å². The van der Waals surface area contributed by atoms with Crippen molar-refractivity contribution in [2.75, 3.05) is 5.32 Å². The van der Waals surface area contributed by atoms with Gasteiger partial charge in [0.1, 0.15) is 12.1 Å². The number of amides is 1. The first kappa shape index (κ1) is 23.6. The molecule has 4 aromatic rings. The molecule has 0 spiro atoms. The summed E-state index contributed by atoms with van der Waals surface area (Å²) in [6.45, 7) is 3.86. The number of carbonyl (C=O) groups is 1. The summed E-state index contributed by atoms with van der Waals surface area (Å²) in [4.78, 5) is 21.3. The summed E-state index contributed by atoms with van der Waals surface area (Å²) in [5.41, 5.74) is -0.111. The molecule has 2 aromatic carbocycles. The minimum absolute atomic E-state index is 0.104. The Morgan fingerprint density at radius 2 is 1.88 bits per heavy atom. The van der Waals surface area contributed by atoms with Crippen molar-refractivity contribution < 1.29 is 23.4 Å². The summed E-state index contributed by atoms with van der Waals surface area (Å²) >= 11 is 4.78. The molecule has 34 heavy (non-hydrogen) atoms. The molecule has 2 N–H and O–H groups in total. The summed E-state index contributed by atoms with van der Waals surface area (Å²) in [6.07, 6.45) is 6.61. The second-order valence-electron chi connectivity index (χ2n) is 7.89. The number of fused-ring (bicyclic) bond motifs is 1. The zero-order valence-electron chi connectivity index (χ0n) is 18.3. The lowest BCUT2D eigenvalue weighted by Gasteiger charge is -2.15. The molecule has 0 fully saturated rings. The minimum Gasteiger partial charge on any atom is -0.420 e. The molecule has 0 saturated heterocycles. The number of hydrogen-bond donors (Lipinski definition) is 2. The van der Waals surface area contributed by atoms with Gasteiger partial charge in [-0.2, -0.15) is 0 Å². The predicted molar refractivity (Wildman–Crippen MR) is 125 cm³/mol. The summed E-state index contributed by atoms with van der Waals surface area (Å²) in [5.74, 6) is -0.564. The third-order valence-electron chi connectivity index (χ3n) is 5.22. The van der Waals surface area contributed by atoms with E-state index in [0.717, 1.165) is 22.0 Å². The summed E-state index contributed by atoms with van der Waals surface area (Å²) in [7, 11) is 0. The van der Waals surface area contributed by atoms with E-state index in [4.69, 9.17) is 11.6 Å². The molecule has 0 atom stereocenters. The Bertz CT molecular complexity index is 1320. The van der Waals surface area contributed by atoms with Crippen molar-refractivity contribution in [3.8, 4) is 16.9 Å². The zero-order valence-corrected chi connectivity index (χ0v) is 19.1. The van der Waals surface area contributed by atoms with Gasteiger partial charge in [-0.3, -0.25) is 4.79 Å². The number of halogens is 3. The second kappa shape index (κ2) is 9.36. The third kappa shape index (κ3) is 5.00. The molecule has 0 aliphatic heterocycles. The van der Waals surface area contributed by atoms with E-state index in [0.29, 0.717) is 16.8 Å². The molecule has 0 bridgehead atoms. The van der Waals surface area contributed by atoms with Gasteiger partial charge in [-0.25, -0.2) is 9.97 Å². The first-order valence-electron chi connectivity index (χ1n) is 10.4. The molecule has 176 valence electrons. The number of alkyl halides is 3. The van der Waals surface area contributed by atoms with E-state index in [1.807, 2.05) is 24.6 Å². The predicted octanol–water partition coefficient (Wildman–Crippen LogP) is 5.59. The molecule has 0 saturated carbocycles. The lowest BCUT2D eigenvalue weighted by atomic mass is 9.99. The molecular formula is C24H21ClF2N4O3. The molecule has 0 aliphatic rings. The van der Waals surface area contributed by atoms with Gasteiger partial charge in [-0.15, -0.1) is 8.78 Å². The van der Waals surface area contributed by atoms with Gasteiger partial charge in [0.2, 0.25) is 0 Å². The van der Waals surface area contributed by atoms with E-state index in [-0.39, 0.29) is 18.4 Å². The topological polar surface area (TPSA) is 89.3 Å². The van der Waals surface area contributed by atoms with Crippen molar-refractivity contribution in [2.45, 2.75) is 32.1 Å². The van der Waals surface area contributed by atoms with Crippen LogP contribution >= 0.6 is 11.6 Å². The highest BCUT2D eigenvalue weighted by atomic mass is 35.5. The lowest BCUT2D eigenvalue weighted by molar-refractivity contribution is -0.0964. The number of benzene rings is 2. The van der Waals surface area contributed by atoms with Gasteiger partial charge in [0.25, 0.3) is 5.91 Å². The quantitative estimate of drug-likeness (QED) is 0.332. The van der Waals surface area contributed by atoms with Gasteiger partial charge < -0.3 is 19.7 Å². The summed E-state index contributed by atoms with van der Waals surface area (Å²) in [5, 5.41) is 13.4. The Balaban J connectivity index is 1.75. The lowest BCUT2D eigenvalue weighted by Crippen LogP contribution is -2.16. The molecule has 2 heterocycles. The molecule has 1 amide bonds. The van der Waals surface area contributed by atoms with Gasteiger partial charge in [0, 0.05) is 69.6 Å². The van der Waals surface area contributed by atoms with E-state index in [2.05, 4.69) is 20.0 Å². The normalized spacial score (nSPS) is 11.7. The largest absolute Gasteiger partial charge is 0.487 e. The van der Waals surface area contributed by atoms with Gasteiger partial charge >= 0.3 is 5.57 Å². The van der Waals surface area contributed by atoms with E-state index in [1.54, 1.807) is 24.5 Å². The Hall–Kier alpha value is -3.56. The van der Waals surface area contributed by atoms with Crippen molar-refractivity contribution >= 4 is 34.1 Å². The van der Waals surface area contributed by atoms with E-state index < -0.39 is 11.5 Å². The van der Waals surface area contributed by atoms with Crippen LogP contribution in [-0.2, 0) is 6.61 Å². The van der Waals surface area contributed by atoms with Crippen LogP contribution in [0, 0.1) is 0 Å². The molecule has 4 rings (SSSR count). The van der Waals surface area contributed by atoms with Crippen LogP contribution in [0.4, 0.5) is 14.5 Å². The van der Waals surface area contributed by atoms with Crippen LogP contribution in [0.3, 0.4) is 0 Å². The molecule has 0 aliphatic carbocycles. The number of hydrogen-bond acceptors (Lipinski definition) is 5. The Morgan fingerprint density at radius 3 is 2.47 bits per heavy atom. The maximum Gasteiger partial charge on any atom is 0.487 e. The molecule has 10 heteroatoms. The highest BCUT2D eigenvalue weighted by Gasteiger charge is 2.27. The number of nitrogens with zero attached hydrogens (tertiary/aromatic N) is 3. The third-order valence-corrected chi connectivity index (χ3v) is 5.29. The number of rotatable bonds is 7. The first-order chi connectivity index (χ1) is 16.2. The summed E-state index contributed by atoms with van der Waals surface area (Å²) < 4.78 is 31.9. The standard InChI is InChI=1S/C24H21ClF2N4O3/c1-14(2)31-11-17(12-32)21-8-15(7-20(22(21)31)16-9-28-13-29-10-16)23(33)30-18-3-5-19(6-4-18)34-24(25,26)27/h3-11,13-14,32H,12H2,1-2H3,(H,30,33). The minimum atomic E-state index is -3.82. The molecular weight excluding hydrogens is 466 g/mol. The summed E-state index contributed by atoms with van der Waals surface area (Å²) in [6, 6.07) is 8.95. The average Bonchev–Trinajstić information content (AvgIpc) is 3.18. The van der Waals surface area contributed by atoms with Gasteiger partial charge in [-0.05, 0) is 50.2 Å². The number of aliphatic hydroxyl groups excluding tert-OH is 1. The van der Waals surface area contributed by atoms with E-state index in [1.165, 1.54) is 30.6 Å². The fraction of sp³-hybridized carbons (Fsp3) is 0.208. The maximum atomic E-state index is 13.1. The second-order valence-corrected chi connectivity index (χ2v) is 8.33. The van der Waals surface area contributed by atoms with Crippen LogP contribution < -0.4 is 10.1 Å². The molecule has 2 aromatic heterocycles. The Morgan fingerprint density at radius 1 is 1.21 bits per heavy atom. The highest BCUT2D eigenvalue weighted by molar-refractivity contribution is 6.20. The number of carbonyl (C=O) groups excluding carboxylic acids is 1. The first-order valence-corrected chi connectivity index (χ1v) is 10.7. The Labute approximate surface area is 199 Å². The van der Waals surface area contributed by atoms with Gasteiger partial charge in [0.15, 0.2) is 0 Å². The number of anilines is 1. The van der Waals surface area contributed by atoms with Crippen molar-refractivity contribution in [3.05, 3.63) is 72.4 Å². The number of aliphatic hydroxyl groups is 1. The van der Waals surface area contributed by atoms with Crippen molar-refractivity contribution in [1.82, 2.24) is 14.5 Å². The van der Waals surface area contributed by atoms with Crippen LogP contribution in [0.25, 0.3) is 22.0 Å². The van der Waals surface area contributed by atoms with E-state index >= 15 is 0 Å². The number of ether oxygens (including phenoxy) is 1. The fourth-order valence-electron chi connectivity index (χ4n) is 3.73. The maximum absolute atomic E-state index is 13.1. The monoisotopic (exact) mass is 486 g/mol. The van der Waals surface area contributed by atoms with Gasteiger partial charge in [-0.1, -0.05) is 0 Å². The van der Waals surface area contributed by atoms with Gasteiger partial charge in [0.05, 0.1) is 12.1 Å². The Kier molecular flexibility index (Phi) is 6.49. The number of aromatic nitrogens is 3. The van der Waals surface area contributed by atoms with Crippen LogP contribution in [0.1, 0.15) is 35.8 Å². The van der Waals surface area contributed by atoms with Crippen LogP contribution in [0.15, 0.2) is 61.3 Å². The van der Waals surface area contributed by atoms with Crippen LogP contribution in [0.2, 0.25) is 0 Å². The van der Waals surface area contributed by atoms with Crippen LogP contribution in [-0.4, -0.2) is 31.1 Å². The highest BCUT2D eigenvalue weighted by Crippen LogP contribution is 2.35. The molecule has 0 radical (unpaired) electrons. The molecule has 0 unspecified atom stereocenters. The van der Waals surface area contributed by atoms with Crippen molar-refractivity contribution in [3.63, 3.8) is 0 Å². The smallest absolute Gasteiger partial charge is 0.420 e. The fourth-order valence-corrected chi connectivity index (χ4v) is 3.81. The van der Waals surface area contributed by atoms with Crippen molar-refractivity contribution in [2.24, 2.45) is 0 Å². The van der Waals surface area contributed by atoms with Crippen LogP contribution in [0.5, 0.6) is 5.75 Å². The number of nitrogens with one attached hydrogen (secondary N) is 1. The molecule has 7 nitrogen and oxygen atoms in total. The van der Waals surface area contributed by atoms with E-state index in [9.17, 15) is 18.7 Å². The zero-order chi connectivity index (χ0) is 24.5. The average molecular weight is 487 g/mol. The SMILES string of the molecule is CC(C)n1cc(CO)c2cc(C(=O)Nc3ccc(OC(F)(F)Cl)cc3)cc(-c3cncnc3)c21.